The zero-order chi connectivity index (χ0) is 36.5. The minimum absolute atomic E-state index is 0.917. The predicted octanol–water partition coefficient (Wildman–Crippen LogP) is 17.7. The van der Waals surface area contributed by atoms with E-state index in [2.05, 4.69) is 23.6 Å². The highest BCUT2D eigenvalue weighted by Crippen LogP contribution is 2.59. The Labute approximate surface area is 339 Å². The van der Waals surface area contributed by atoms with E-state index < -0.39 is 16.1 Å². The Kier molecular flexibility index (Phi) is 15.3. The maximum absolute atomic E-state index is 3.19. The molecule has 0 bridgehead atoms. The van der Waals surface area contributed by atoms with Gasteiger partial charge in [-0.1, -0.05) is 216 Å². The summed E-state index contributed by atoms with van der Waals surface area (Å²) in [6, 6.07) is 0. The first-order valence-electron chi connectivity index (χ1n) is 26.1. The van der Waals surface area contributed by atoms with Crippen LogP contribution in [0, 0.1) is 23.7 Å². The van der Waals surface area contributed by atoms with Gasteiger partial charge in [0.15, 0.2) is 0 Å². The molecule has 54 heavy (non-hydrogen) atoms. The molecule has 8 fully saturated rings. The number of rotatable bonds is 11. The van der Waals surface area contributed by atoms with Crippen molar-refractivity contribution in [2.75, 3.05) is 0 Å². The summed E-state index contributed by atoms with van der Waals surface area (Å²) >= 11 is 0. The van der Waals surface area contributed by atoms with Crippen molar-refractivity contribution < 1.29 is 0 Å². The highest BCUT2D eigenvalue weighted by Gasteiger charge is 2.52. The van der Waals surface area contributed by atoms with E-state index in [4.69, 9.17) is 0 Å². The number of hydrogen-bond donors (Lipinski definition) is 0. The lowest BCUT2D eigenvalue weighted by atomic mass is 9.69. The Morgan fingerprint density at radius 2 is 0.426 bits per heavy atom. The first-order valence-corrected chi connectivity index (χ1v) is 30.8. The fourth-order valence-corrected chi connectivity index (χ4v) is 31.9. The second kappa shape index (κ2) is 20.3. The highest BCUT2D eigenvalue weighted by molar-refractivity contribution is 6.89. The van der Waals surface area contributed by atoms with Gasteiger partial charge < -0.3 is 0 Å². The molecule has 8 rings (SSSR count). The highest BCUT2D eigenvalue weighted by atomic mass is 28.3. The van der Waals surface area contributed by atoms with Crippen LogP contribution in [0.5, 0.6) is 0 Å². The standard InChI is InChI=1S/C52H90Si2/c1-7-19-47(20-8-1)53(48-21-9-2-10-22-48,49-23-11-3-12-24-49)41-39-43-31-35-45(36-32-43)46-37-33-44(34-38-46)40-42-54(50-25-13-4-14-26-50,51-27-15-5-16-28-51)52-29-17-6-18-30-52/h39-52H,1-38H2. The van der Waals surface area contributed by atoms with Crippen LogP contribution in [0.3, 0.4) is 0 Å². The van der Waals surface area contributed by atoms with Crippen LogP contribution in [-0.2, 0) is 0 Å². The molecule has 0 spiro atoms. The molecule has 0 atom stereocenters. The summed E-state index contributed by atoms with van der Waals surface area (Å²) in [5.41, 5.74) is 13.2. The predicted molar refractivity (Wildman–Crippen MR) is 242 cm³/mol. The lowest BCUT2D eigenvalue weighted by Gasteiger charge is -2.52. The molecule has 0 aromatic heterocycles. The molecule has 0 aromatic rings. The van der Waals surface area contributed by atoms with Crippen molar-refractivity contribution in [2.24, 2.45) is 23.7 Å². The maximum Gasteiger partial charge on any atom is 0.0866 e. The monoisotopic (exact) mass is 771 g/mol. The second-order valence-electron chi connectivity index (χ2n) is 22.1. The summed E-state index contributed by atoms with van der Waals surface area (Å²) in [6.45, 7) is 0. The van der Waals surface area contributed by atoms with Crippen molar-refractivity contribution in [1.82, 2.24) is 0 Å². The molecule has 0 unspecified atom stereocenters. The molecule has 0 nitrogen and oxygen atoms in total. The third-order valence-corrected chi connectivity index (χ3v) is 33.0. The van der Waals surface area contributed by atoms with Gasteiger partial charge in [-0.15, -0.1) is 0 Å². The van der Waals surface area contributed by atoms with Gasteiger partial charge >= 0.3 is 0 Å². The van der Waals surface area contributed by atoms with E-state index in [1.807, 2.05) is 0 Å². The van der Waals surface area contributed by atoms with E-state index in [-0.39, 0.29) is 0 Å². The Morgan fingerprint density at radius 1 is 0.222 bits per heavy atom. The van der Waals surface area contributed by atoms with Crippen LogP contribution in [0.1, 0.15) is 244 Å². The molecule has 8 aliphatic carbocycles. The Hall–Kier alpha value is -0.0862. The van der Waals surface area contributed by atoms with Crippen molar-refractivity contribution in [2.45, 2.75) is 277 Å². The van der Waals surface area contributed by atoms with E-state index in [1.165, 1.54) is 64.2 Å². The van der Waals surface area contributed by atoms with Gasteiger partial charge in [0.25, 0.3) is 0 Å². The van der Waals surface area contributed by atoms with Gasteiger partial charge in [-0.3, -0.25) is 0 Å². The van der Waals surface area contributed by atoms with Crippen LogP contribution in [0.2, 0.25) is 33.2 Å². The summed E-state index contributed by atoms with van der Waals surface area (Å²) < 4.78 is 0. The second-order valence-corrected chi connectivity index (χ2v) is 31.6. The van der Waals surface area contributed by atoms with Crippen molar-refractivity contribution in [3.8, 4) is 0 Å². The summed E-state index contributed by atoms with van der Waals surface area (Å²) in [4.78, 5) is 0. The van der Waals surface area contributed by atoms with Gasteiger partial charge in [0.2, 0.25) is 0 Å². The molecule has 0 heterocycles. The van der Waals surface area contributed by atoms with Crippen LogP contribution < -0.4 is 0 Å². The molecule has 0 aliphatic heterocycles. The summed E-state index contributed by atoms with van der Waals surface area (Å²) in [5.74, 6) is 3.94. The van der Waals surface area contributed by atoms with Crippen molar-refractivity contribution in [3.63, 3.8) is 0 Å². The van der Waals surface area contributed by atoms with Gasteiger partial charge in [-0.25, -0.2) is 0 Å². The van der Waals surface area contributed by atoms with E-state index in [0.29, 0.717) is 0 Å². The van der Waals surface area contributed by atoms with Crippen molar-refractivity contribution in [3.05, 3.63) is 23.6 Å². The molecule has 0 saturated heterocycles. The topological polar surface area (TPSA) is 0 Å². The Bertz CT molecular complexity index is 936. The van der Waals surface area contributed by atoms with Crippen LogP contribution in [0.4, 0.5) is 0 Å². The molecular formula is C52H90Si2. The van der Waals surface area contributed by atoms with E-state index in [1.54, 1.807) is 180 Å². The lowest BCUT2D eigenvalue weighted by molar-refractivity contribution is 0.166. The summed E-state index contributed by atoms with van der Waals surface area (Å²) in [6.07, 6.45) is 65.5. The normalized spacial score (nSPS) is 33.9. The SMILES string of the molecule is C(=C[Si](C1CCCCC1)(C1CCCCC1)C1CCCCC1)C1CCC(C2CCC(C=C[Si](C3CCCCC3)(C3CCCCC3)C3CCCCC3)CC2)CC1. The zero-order valence-corrected chi connectivity index (χ0v) is 38.0. The first kappa shape index (κ1) is 40.7. The number of allylic oxidation sites excluding steroid dienone is 2. The summed E-state index contributed by atoms with van der Waals surface area (Å²) in [5, 5.41) is 0. The van der Waals surface area contributed by atoms with Gasteiger partial charge in [-0.05, 0) is 108 Å². The maximum atomic E-state index is 3.19. The smallest absolute Gasteiger partial charge is 0.0866 e. The van der Waals surface area contributed by atoms with Gasteiger partial charge in [0.05, 0.1) is 16.1 Å². The zero-order valence-electron chi connectivity index (χ0n) is 36.0. The minimum Gasteiger partial charge on any atom is -0.0971 e. The van der Waals surface area contributed by atoms with Gasteiger partial charge in [0, 0.05) is 0 Å². The van der Waals surface area contributed by atoms with Crippen LogP contribution in [-0.4, -0.2) is 16.1 Å². The van der Waals surface area contributed by atoms with E-state index >= 15 is 0 Å². The van der Waals surface area contributed by atoms with Crippen LogP contribution in [0.25, 0.3) is 0 Å². The van der Waals surface area contributed by atoms with Gasteiger partial charge in [-0.2, -0.15) is 0 Å². The fraction of sp³-hybridized carbons (Fsp3) is 0.923. The molecule has 2 heteroatoms. The minimum atomic E-state index is -1.47. The largest absolute Gasteiger partial charge is 0.0971 e. The molecule has 306 valence electrons. The molecule has 0 amide bonds. The summed E-state index contributed by atoms with van der Waals surface area (Å²) in [7, 11) is -2.95. The average molecular weight is 771 g/mol. The third kappa shape index (κ3) is 9.36. The van der Waals surface area contributed by atoms with Crippen molar-refractivity contribution in [1.29, 1.82) is 0 Å². The van der Waals surface area contributed by atoms with Crippen LogP contribution >= 0.6 is 0 Å². The quantitative estimate of drug-likeness (QED) is 0.184. The molecule has 0 aromatic carbocycles. The van der Waals surface area contributed by atoms with Crippen molar-refractivity contribution >= 4 is 16.1 Å². The van der Waals surface area contributed by atoms with E-state index in [9.17, 15) is 0 Å². The lowest BCUT2D eigenvalue weighted by Crippen LogP contribution is -2.50. The van der Waals surface area contributed by atoms with E-state index in [0.717, 1.165) is 56.9 Å². The average Bonchev–Trinajstić information content (AvgIpc) is 3.27. The molecule has 0 N–H and O–H groups in total. The molecule has 8 aliphatic rings. The van der Waals surface area contributed by atoms with Crippen LogP contribution in [0.15, 0.2) is 23.6 Å². The molecule has 8 saturated carbocycles. The van der Waals surface area contributed by atoms with Gasteiger partial charge in [0.1, 0.15) is 0 Å². The molecule has 0 radical (unpaired) electrons. The first-order chi connectivity index (χ1) is 26.8. The Balaban J connectivity index is 0.900. The number of hydrogen-bond acceptors (Lipinski definition) is 0. The Morgan fingerprint density at radius 3 is 0.630 bits per heavy atom. The molecular weight excluding hydrogens is 681 g/mol. The third-order valence-electron chi connectivity index (χ3n) is 19.5. The fourth-order valence-electron chi connectivity index (χ4n) is 16.7.